The van der Waals surface area contributed by atoms with Gasteiger partial charge in [0, 0.05) is 50.4 Å². The van der Waals surface area contributed by atoms with E-state index >= 15 is 0 Å². The van der Waals surface area contributed by atoms with Gasteiger partial charge in [-0.2, -0.15) is 13.2 Å². The topological polar surface area (TPSA) is 44.4 Å². The summed E-state index contributed by atoms with van der Waals surface area (Å²) in [7, 11) is 1.49. The van der Waals surface area contributed by atoms with E-state index < -0.39 is 18.5 Å². The number of hydrogen-bond acceptors (Lipinski definition) is 3. The molecule has 2 N–H and O–H groups in total. The van der Waals surface area contributed by atoms with Crippen molar-refractivity contribution in [3.63, 3.8) is 0 Å². The molecule has 1 unspecified atom stereocenters. The van der Waals surface area contributed by atoms with E-state index in [4.69, 9.17) is 0 Å². The number of benzene rings is 1. The number of nitrogens with one attached hydrogen (secondary N) is 2. The van der Waals surface area contributed by atoms with Crippen LogP contribution in [-0.4, -0.2) is 38.8 Å². The Labute approximate surface area is 126 Å². The van der Waals surface area contributed by atoms with Crippen LogP contribution in [0.4, 0.5) is 18.9 Å². The number of hydrogen-bond donors (Lipinski definition) is 2. The molecule has 120 valence electrons. The molecule has 0 radical (unpaired) electrons. The third-order valence-corrected chi connectivity index (χ3v) is 4.29. The van der Waals surface area contributed by atoms with Crippen LogP contribution in [0.1, 0.15) is 33.8 Å². The number of alkyl halides is 3. The van der Waals surface area contributed by atoms with Crippen molar-refractivity contribution in [1.82, 2.24) is 10.6 Å². The average molecular weight is 313 g/mol. The second-order valence-electron chi connectivity index (χ2n) is 5.75. The summed E-state index contributed by atoms with van der Waals surface area (Å²) >= 11 is 0. The minimum Gasteiger partial charge on any atom is -0.369 e. The highest BCUT2D eigenvalue weighted by Gasteiger charge is 2.41. The third kappa shape index (κ3) is 2.65. The second-order valence-corrected chi connectivity index (χ2v) is 5.75. The first-order chi connectivity index (χ1) is 10.4. The summed E-state index contributed by atoms with van der Waals surface area (Å²) in [6, 6.07) is 3.48. The molecule has 22 heavy (non-hydrogen) atoms. The molecule has 1 atom stereocenters. The average Bonchev–Trinajstić information content (AvgIpc) is 2.66. The van der Waals surface area contributed by atoms with Crippen molar-refractivity contribution >= 4 is 11.6 Å². The van der Waals surface area contributed by atoms with E-state index in [0.29, 0.717) is 30.8 Å². The molecule has 4 nitrogen and oxygen atoms in total. The van der Waals surface area contributed by atoms with E-state index in [0.717, 1.165) is 17.8 Å². The molecular formula is C15H18F3N3O. The molecule has 0 aromatic heterocycles. The molecule has 0 saturated heterocycles. The summed E-state index contributed by atoms with van der Waals surface area (Å²) in [5.41, 5.74) is 2.70. The Morgan fingerprint density at radius 3 is 2.91 bits per heavy atom. The summed E-state index contributed by atoms with van der Waals surface area (Å²) in [6.45, 7) is 2.32. The number of carbonyl (C=O) groups is 1. The Morgan fingerprint density at radius 2 is 2.23 bits per heavy atom. The Hall–Kier alpha value is -1.76. The van der Waals surface area contributed by atoms with Crippen LogP contribution in [0.25, 0.3) is 0 Å². The first-order valence-electron chi connectivity index (χ1n) is 7.31. The van der Waals surface area contributed by atoms with Crippen molar-refractivity contribution in [3.05, 3.63) is 28.8 Å². The van der Waals surface area contributed by atoms with Crippen LogP contribution in [0, 0.1) is 0 Å². The van der Waals surface area contributed by atoms with Gasteiger partial charge >= 0.3 is 6.18 Å². The first-order valence-corrected chi connectivity index (χ1v) is 7.31. The van der Waals surface area contributed by atoms with Crippen molar-refractivity contribution in [3.8, 4) is 0 Å². The van der Waals surface area contributed by atoms with Gasteiger partial charge in [0.1, 0.15) is 0 Å². The molecule has 2 aliphatic heterocycles. The van der Waals surface area contributed by atoms with Crippen LogP contribution >= 0.6 is 0 Å². The molecule has 7 heteroatoms. The van der Waals surface area contributed by atoms with Crippen LogP contribution in [0.5, 0.6) is 0 Å². The van der Waals surface area contributed by atoms with Crippen LogP contribution in [-0.2, 0) is 6.54 Å². The highest BCUT2D eigenvalue weighted by Crippen LogP contribution is 2.46. The van der Waals surface area contributed by atoms with Gasteiger partial charge in [0.05, 0.1) is 6.42 Å². The Bertz CT molecular complexity index is 600. The summed E-state index contributed by atoms with van der Waals surface area (Å²) in [6.07, 6.45) is -5.13. The molecular weight excluding hydrogens is 295 g/mol. The lowest BCUT2D eigenvalue weighted by molar-refractivity contribution is -0.138. The zero-order valence-corrected chi connectivity index (χ0v) is 12.3. The standard InChI is InChI=1S/C15H18F3N3O/c1-19-14(22)11-3-2-9-7-20-4-5-21-8-10(6-15(16,17)18)12(11)13(9)21/h2-3,10,20H,4-8H2,1H3,(H,19,22). The van der Waals surface area contributed by atoms with E-state index in [2.05, 4.69) is 10.6 Å². The Kier molecular flexibility index (Phi) is 3.76. The highest BCUT2D eigenvalue weighted by atomic mass is 19.4. The lowest BCUT2D eigenvalue weighted by Crippen LogP contribution is -2.29. The Balaban J connectivity index is 2.11. The van der Waals surface area contributed by atoms with Crippen molar-refractivity contribution in [2.45, 2.75) is 25.1 Å². The molecule has 0 bridgehead atoms. The van der Waals surface area contributed by atoms with E-state index in [1.807, 2.05) is 11.0 Å². The molecule has 1 aromatic rings. The monoisotopic (exact) mass is 313 g/mol. The number of carbonyl (C=O) groups excluding carboxylic acids is 1. The van der Waals surface area contributed by atoms with Crippen LogP contribution in [0.2, 0.25) is 0 Å². The van der Waals surface area contributed by atoms with Crippen molar-refractivity contribution < 1.29 is 18.0 Å². The quantitative estimate of drug-likeness (QED) is 0.878. The minimum atomic E-state index is -4.24. The van der Waals surface area contributed by atoms with E-state index in [1.54, 1.807) is 6.07 Å². The van der Waals surface area contributed by atoms with Gasteiger partial charge in [-0.25, -0.2) is 0 Å². The molecule has 1 aromatic carbocycles. The van der Waals surface area contributed by atoms with Gasteiger partial charge in [0.15, 0.2) is 0 Å². The lowest BCUT2D eigenvalue weighted by atomic mass is 9.90. The van der Waals surface area contributed by atoms with E-state index in [9.17, 15) is 18.0 Å². The third-order valence-electron chi connectivity index (χ3n) is 4.29. The van der Waals surface area contributed by atoms with Crippen LogP contribution in [0.15, 0.2) is 12.1 Å². The molecule has 1 amide bonds. The number of rotatable bonds is 2. The zero-order chi connectivity index (χ0) is 15.9. The number of amides is 1. The summed E-state index contributed by atoms with van der Waals surface area (Å²) in [4.78, 5) is 14.0. The number of halogens is 3. The zero-order valence-electron chi connectivity index (χ0n) is 12.3. The SMILES string of the molecule is CNC(=O)c1ccc2c3c1C(CC(F)(F)F)CN3CCNC2. The highest BCUT2D eigenvalue weighted by molar-refractivity contribution is 5.98. The molecule has 0 saturated carbocycles. The van der Waals surface area contributed by atoms with Gasteiger partial charge in [-0.05, 0) is 17.2 Å². The maximum absolute atomic E-state index is 12.9. The normalized spacial score (nSPS) is 20.5. The first kappa shape index (κ1) is 15.1. The van der Waals surface area contributed by atoms with Gasteiger partial charge in [-0.3, -0.25) is 4.79 Å². The largest absolute Gasteiger partial charge is 0.389 e. The molecule has 3 rings (SSSR count). The fraction of sp³-hybridized carbons (Fsp3) is 0.533. The minimum absolute atomic E-state index is 0.317. The Morgan fingerprint density at radius 1 is 1.45 bits per heavy atom. The maximum Gasteiger partial charge on any atom is 0.389 e. The summed E-state index contributed by atoms with van der Waals surface area (Å²) in [5.74, 6) is -1.01. The van der Waals surface area contributed by atoms with Crippen molar-refractivity contribution in [1.29, 1.82) is 0 Å². The van der Waals surface area contributed by atoms with Gasteiger partial charge in [-0.1, -0.05) is 6.07 Å². The summed E-state index contributed by atoms with van der Waals surface area (Å²) in [5, 5.41) is 5.78. The number of nitrogens with zero attached hydrogens (tertiary/aromatic N) is 1. The summed E-state index contributed by atoms with van der Waals surface area (Å²) < 4.78 is 38.7. The van der Waals surface area contributed by atoms with Crippen LogP contribution in [0.3, 0.4) is 0 Å². The molecule has 0 aliphatic carbocycles. The van der Waals surface area contributed by atoms with Gasteiger partial charge < -0.3 is 15.5 Å². The maximum atomic E-state index is 12.9. The second kappa shape index (κ2) is 5.46. The van der Waals surface area contributed by atoms with Gasteiger partial charge in [0.2, 0.25) is 0 Å². The molecule has 2 aliphatic rings. The van der Waals surface area contributed by atoms with Crippen molar-refractivity contribution in [2.24, 2.45) is 0 Å². The van der Waals surface area contributed by atoms with Gasteiger partial charge in [0.25, 0.3) is 5.91 Å². The number of anilines is 1. The predicted octanol–water partition coefficient (Wildman–Crippen LogP) is 2.01. The smallest absolute Gasteiger partial charge is 0.369 e. The van der Waals surface area contributed by atoms with E-state index in [-0.39, 0.29) is 5.91 Å². The fourth-order valence-corrected chi connectivity index (χ4v) is 3.45. The van der Waals surface area contributed by atoms with Crippen LogP contribution < -0.4 is 15.5 Å². The van der Waals surface area contributed by atoms with Gasteiger partial charge in [-0.15, -0.1) is 0 Å². The predicted molar refractivity (Wildman–Crippen MR) is 77.2 cm³/mol. The van der Waals surface area contributed by atoms with Crippen molar-refractivity contribution in [2.75, 3.05) is 31.6 Å². The lowest BCUT2D eigenvalue weighted by Gasteiger charge is -2.19. The molecule has 2 heterocycles. The molecule has 0 spiro atoms. The van der Waals surface area contributed by atoms with E-state index in [1.165, 1.54) is 7.05 Å². The fourth-order valence-electron chi connectivity index (χ4n) is 3.45. The molecule has 0 fully saturated rings.